The smallest absolute Gasteiger partial charge is 0.0785 e. The van der Waals surface area contributed by atoms with E-state index in [1.165, 1.54) is 104 Å². The summed E-state index contributed by atoms with van der Waals surface area (Å²) in [5.41, 5.74) is 13.2. The van der Waals surface area contributed by atoms with Crippen LogP contribution in [0.15, 0.2) is 176 Å². The lowest BCUT2D eigenvalue weighted by Crippen LogP contribution is -2.29. The summed E-state index contributed by atoms with van der Waals surface area (Å²) in [6.45, 7) is 12.0. The molecule has 0 fully saturated rings. The third-order valence-corrected chi connectivity index (χ3v) is 13.1. The van der Waals surface area contributed by atoms with Crippen molar-refractivity contribution >= 4 is 87.2 Å². The molecule has 12 rings (SSSR count). The maximum absolute atomic E-state index is 2.69. The summed E-state index contributed by atoms with van der Waals surface area (Å²) in [5.74, 6) is 0. The standard InChI is InChI=1S/C56H46N4/c1-55(2,3)59-48-31-19-15-27-43(48)50-36(34-44-40-25-12-16-28-45(40)58(53(44)54(50)59)38-22-10-7-11-23-38)35-56(4,5)60-47-30-18-13-24-39(47)41-32-33-49-51(52(41)60)42-26-14-17-29-46(42)57(49)37-20-8-6-9-21-37/h6-34H,35H2,1-5H3. The van der Waals surface area contributed by atoms with Crippen LogP contribution in [0.4, 0.5) is 0 Å². The number of para-hydroxylation sites is 6. The SMILES string of the molecule is CC(C)(C)n1c2ccccc2c2c(CC(C)(C)n3c4ccccc4c4ccc5c(c6ccccc6n5-c5ccccc5)c43)cc3c4ccccc4n(-c4ccccc4)c3c21. The van der Waals surface area contributed by atoms with Crippen LogP contribution in [-0.2, 0) is 17.5 Å². The normalized spacial score (nSPS) is 12.8. The molecule has 4 aromatic heterocycles. The lowest BCUT2D eigenvalue weighted by atomic mass is 9.90. The van der Waals surface area contributed by atoms with Crippen LogP contribution in [0.25, 0.3) is 98.6 Å². The Bertz CT molecular complexity index is 3680. The Balaban J connectivity index is 1.21. The number of hydrogen-bond acceptors (Lipinski definition) is 0. The summed E-state index contributed by atoms with van der Waals surface area (Å²) in [6, 6.07) is 65.0. The van der Waals surface area contributed by atoms with Gasteiger partial charge in [-0.15, -0.1) is 0 Å². The summed E-state index contributed by atoms with van der Waals surface area (Å²) in [4.78, 5) is 0. The van der Waals surface area contributed by atoms with E-state index >= 15 is 0 Å². The van der Waals surface area contributed by atoms with E-state index in [2.05, 4.69) is 229 Å². The lowest BCUT2D eigenvalue weighted by Gasteiger charge is -2.31. The highest BCUT2D eigenvalue weighted by Gasteiger charge is 2.32. The summed E-state index contributed by atoms with van der Waals surface area (Å²) < 4.78 is 10.3. The van der Waals surface area contributed by atoms with Gasteiger partial charge >= 0.3 is 0 Å². The molecule has 0 bridgehead atoms. The number of benzene rings is 8. The van der Waals surface area contributed by atoms with E-state index < -0.39 is 0 Å². The molecule has 4 heterocycles. The highest BCUT2D eigenvalue weighted by atomic mass is 15.1. The molecule has 0 aliphatic carbocycles. The molecule has 8 aromatic carbocycles. The second-order valence-corrected chi connectivity index (χ2v) is 18.3. The Kier molecular flexibility index (Phi) is 7.27. The van der Waals surface area contributed by atoms with Gasteiger partial charge in [0.15, 0.2) is 0 Å². The van der Waals surface area contributed by atoms with Gasteiger partial charge in [0, 0.05) is 76.6 Å². The van der Waals surface area contributed by atoms with E-state index in [1.807, 2.05) is 0 Å². The van der Waals surface area contributed by atoms with E-state index in [-0.39, 0.29) is 11.1 Å². The largest absolute Gasteiger partial charge is 0.334 e. The van der Waals surface area contributed by atoms with Crippen LogP contribution >= 0.6 is 0 Å². The summed E-state index contributed by atoms with van der Waals surface area (Å²) in [5, 5.41) is 10.3. The average molecular weight is 775 g/mol. The molecule has 4 heteroatoms. The minimum Gasteiger partial charge on any atom is -0.334 e. The van der Waals surface area contributed by atoms with Crippen molar-refractivity contribution in [2.24, 2.45) is 0 Å². The molecular formula is C56H46N4. The minimum atomic E-state index is -0.352. The zero-order valence-electron chi connectivity index (χ0n) is 34.7. The van der Waals surface area contributed by atoms with Gasteiger partial charge in [0.25, 0.3) is 0 Å². The van der Waals surface area contributed by atoms with Crippen LogP contribution in [0.5, 0.6) is 0 Å². The van der Waals surface area contributed by atoms with Crippen molar-refractivity contribution in [3.05, 3.63) is 181 Å². The Morgan fingerprint density at radius 2 is 0.833 bits per heavy atom. The van der Waals surface area contributed by atoms with Crippen molar-refractivity contribution in [1.82, 2.24) is 18.3 Å². The van der Waals surface area contributed by atoms with Gasteiger partial charge in [-0.2, -0.15) is 0 Å². The first-order chi connectivity index (χ1) is 29.2. The number of aromatic nitrogens is 4. The quantitative estimate of drug-likeness (QED) is 0.166. The number of rotatable bonds is 5. The van der Waals surface area contributed by atoms with Gasteiger partial charge in [-0.25, -0.2) is 0 Å². The average Bonchev–Trinajstić information content (AvgIpc) is 3.99. The Hall–Kier alpha value is -7.04. The fourth-order valence-corrected chi connectivity index (χ4v) is 10.9. The van der Waals surface area contributed by atoms with Crippen molar-refractivity contribution in [2.45, 2.75) is 52.1 Å². The predicted molar refractivity (Wildman–Crippen MR) is 256 cm³/mol. The molecule has 12 aromatic rings. The van der Waals surface area contributed by atoms with Gasteiger partial charge in [0.1, 0.15) is 0 Å². The van der Waals surface area contributed by atoms with Gasteiger partial charge in [0.2, 0.25) is 0 Å². The summed E-state index contributed by atoms with van der Waals surface area (Å²) in [6.07, 6.45) is 0.823. The molecule has 0 saturated carbocycles. The molecule has 0 aliphatic rings. The highest BCUT2D eigenvalue weighted by molar-refractivity contribution is 6.27. The fraction of sp³-hybridized carbons (Fsp3) is 0.143. The van der Waals surface area contributed by atoms with E-state index in [0.29, 0.717) is 0 Å². The second kappa shape index (κ2) is 12.5. The zero-order valence-corrected chi connectivity index (χ0v) is 34.7. The van der Waals surface area contributed by atoms with E-state index in [9.17, 15) is 0 Å². The van der Waals surface area contributed by atoms with Gasteiger partial charge in [-0.3, -0.25) is 0 Å². The van der Waals surface area contributed by atoms with Crippen LogP contribution < -0.4 is 0 Å². The third kappa shape index (κ3) is 4.79. The molecular weight excluding hydrogens is 729 g/mol. The van der Waals surface area contributed by atoms with Crippen LogP contribution in [0.1, 0.15) is 40.2 Å². The molecule has 0 spiro atoms. The van der Waals surface area contributed by atoms with Gasteiger partial charge in [0.05, 0.1) is 33.1 Å². The van der Waals surface area contributed by atoms with Crippen LogP contribution in [0, 0.1) is 0 Å². The van der Waals surface area contributed by atoms with Gasteiger partial charge < -0.3 is 18.3 Å². The first-order valence-corrected chi connectivity index (χ1v) is 21.3. The number of fused-ring (bicyclic) bond motifs is 14. The molecule has 60 heavy (non-hydrogen) atoms. The highest BCUT2D eigenvalue weighted by Crippen LogP contribution is 2.48. The number of hydrogen-bond donors (Lipinski definition) is 0. The summed E-state index contributed by atoms with van der Waals surface area (Å²) >= 11 is 0. The Morgan fingerprint density at radius 1 is 0.350 bits per heavy atom. The van der Waals surface area contributed by atoms with E-state index in [1.54, 1.807) is 0 Å². The molecule has 0 N–H and O–H groups in total. The van der Waals surface area contributed by atoms with Crippen LogP contribution in [0.2, 0.25) is 0 Å². The van der Waals surface area contributed by atoms with E-state index in [4.69, 9.17) is 0 Å². The van der Waals surface area contributed by atoms with Crippen molar-refractivity contribution < 1.29 is 0 Å². The van der Waals surface area contributed by atoms with E-state index in [0.717, 1.165) is 6.42 Å². The Labute approximate surface area is 349 Å². The molecule has 0 atom stereocenters. The van der Waals surface area contributed by atoms with Crippen LogP contribution in [0.3, 0.4) is 0 Å². The van der Waals surface area contributed by atoms with Crippen LogP contribution in [-0.4, -0.2) is 18.3 Å². The maximum atomic E-state index is 2.69. The van der Waals surface area contributed by atoms with Crippen molar-refractivity contribution in [1.29, 1.82) is 0 Å². The predicted octanol–water partition coefficient (Wildman–Crippen LogP) is 14.8. The molecule has 290 valence electrons. The second-order valence-electron chi connectivity index (χ2n) is 18.3. The molecule has 0 amide bonds. The lowest BCUT2D eigenvalue weighted by molar-refractivity contribution is 0.377. The first kappa shape index (κ1) is 35.0. The third-order valence-electron chi connectivity index (χ3n) is 13.1. The molecule has 4 nitrogen and oxygen atoms in total. The maximum Gasteiger partial charge on any atom is 0.0785 e. The van der Waals surface area contributed by atoms with Crippen molar-refractivity contribution in [3.8, 4) is 11.4 Å². The minimum absolute atomic E-state index is 0.189. The molecule has 0 unspecified atom stereocenters. The number of nitrogens with zero attached hydrogens (tertiary/aromatic N) is 4. The Morgan fingerprint density at radius 3 is 1.45 bits per heavy atom. The molecule has 0 aliphatic heterocycles. The molecule has 0 saturated heterocycles. The fourth-order valence-electron chi connectivity index (χ4n) is 10.9. The first-order valence-electron chi connectivity index (χ1n) is 21.3. The van der Waals surface area contributed by atoms with Crippen molar-refractivity contribution in [2.75, 3.05) is 0 Å². The van der Waals surface area contributed by atoms with Gasteiger partial charge in [-0.05, 0) is 107 Å². The van der Waals surface area contributed by atoms with Crippen molar-refractivity contribution in [3.63, 3.8) is 0 Å². The summed E-state index contributed by atoms with van der Waals surface area (Å²) in [7, 11) is 0. The monoisotopic (exact) mass is 774 g/mol. The zero-order chi connectivity index (χ0) is 40.5. The van der Waals surface area contributed by atoms with Gasteiger partial charge in [-0.1, -0.05) is 115 Å². The topological polar surface area (TPSA) is 19.7 Å². The molecule has 0 radical (unpaired) electrons.